The number of rotatable bonds is 1. The van der Waals surface area contributed by atoms with Crippen LogP contribution in [0.5, 0.6) is 0 Å². The van der Waals surface area contributed by atoms with Crippen molar-refractivity contribution in [3.63, 3.8) is 0 Å². The molecule has 0 spiro atoms. The molecule has 0 aliphatic rings. The summed E-state index contributed by atoms with van der Waals surface area (Å²) in [4.78, 5) is 17.4. The lowest BCUT2D eigenvalue weighted by molar-refractivity contribution is 0.896. The molecule has 4 aromatic rings. The highest BCUT2D eigenvalue weighted by Crippen LogP contribution is 2.19. The van der Waals surface area contributed by atoms with Crippen LogP contribution in [-0.4, -0.2) is 9.55 Å². The van der Waals surface area contributed by atoms with E-state index in [9.17, 15) is 4.79 Å². The molecule has 3 heteroatoms. The molecule has 0 fully saturated rings. The maximum absolute atomic E-state index is 12.8. The Morgan fingerprint density at radius 3 is 2.45 bits per heavy atom. The average molecular weight is 286 g/mol. The Hall–Kier alpha value is -2.94. The van der Waals surface area contributed by atoms with Crippen LogP contribution in [0.1, 0.15) is 5.82 Å². The minimum atomic E-state index is -0.0293. The van der Waals surface area contributed by atoms with Gasteiger partial charge in [-0.05, 0) is 42.0 Å². The van der Waals surface area contributed by atoms with Crippen LogP contribution in [0, 0.1) is 6.92 Å². The molecule has 3 aromatic carbocycles. The number of aromatic nitrogens is 2. The van der Waals surface area contributed by atoms with Crippen molar-refractivity contribution < 1.29 is 0 Å². The Kier molecular flexibility index (Phi) is 2.79. The third-order valence-electron chi connectivity index (χ3n) is 3.93. The van der Waals surface area contributed by atoms with Gasteiger partial charge in [-0.1, -0.05) is 42.5 Å². The zero-order valence-electron chi connectivity index (χ0n) is 12.2. The van der Waals surface area contributed by atoms with Gasteiger partial charge in [0.2, 0.25) is 0 Å². The van der Waals surface area contributed by atoms with Crippen molar-refractivity contribution in [2.75, 3.05) is 0 Å². The van der Waals surface area contributed by atoms with Gasteiger partial charge in [-0.15, -0.1) is 0 Å². The molecule has 106 valence electrons. The molecule has 3 nitrogen and oxygen atoms in total. The molecule has 0 unspecified atom stereocenters. The lowest BCUT2D eigenvalue weighted by Crippen LogP contribution is -2.22. The molecule has 0 aliphatic carbocycles. The lowest BCUT2D eigenvalue weighted by Gasteiger charge is -2.11. The van der Waals surface area contributed by atoms with Gasteiger partial charge >= 0.3 is 0 Å². The summed E-state index contributed by atoms with van der Waals surface area (Å²) in [5, 5.41) is 2.91. The van der Waals surface area contributed by atoms with E-state index in [0.29, 0.717) is 11.2 Å². The molecule has 0 atom stereocenters. The van der Waals surface area contributed by atoms with Gasteiger partial charge in [-0.2, -0.15) is 0 Å². The van der Waals surface area contributed by atoms with Gasteiger partial charge in [-0.25, -0.2) is 4.98 Å². The van der Waals surface area contributed by atoms with Crippen molar-refractivity contribution in [2.24, 2.45) is 0 Å². The molecule has 0 amide bonds. The van der Waals surface area contributed by atoms with E-state index >= 15 is 0 Å². The molecular weight excluding hydrogens is 272 g/mol. The summed E-state index contributed by atoms with van der Waals surface area (Å²) in [7, 11) is 0. The van der Waals surface area contributed by atoms with Crippen molar-refractivity contribution in [1.82, 2.24) is 9.55 Å². The number of nitrogens with zero attached hydrogens (tertiary/aromatic N) is 2. The average Bonchev–Trinajstić information content (AvgIpc) is 2.55. The van der Waals surface area contributed by atoms with Crippen LogP contribution < -0.4 is 5.56 Å². The van der Waals surface area contributed by atoms with E-state index in [4.69, 9.17) is 0 Å². The molecule has 1 aromatic heterocycles. The third kappa shape index (κ3) is 1.91. The van der Waals surface area contributed by atoms with Crippen molar-refractivity contribution in [1.29, 1.82) is 0 Å². The number of fused-ring (bicyclic) bond motifs is 2. The van der Waals surface area contributed by atoms with Crippen molar-refractivity contribution in [3.05, 3.63) is 82.9 Å². The number of aryl methyl sites for hydroxylation is 1. The fourth-order valence-electron chi connectivity index (χ4n) is 2.86. The predicted molar refractivity (Wildman–Crippen MR) is 89.6 cm³/mol. The predicted octanol–water partition coefficient (Wildman–Crippen LogP) is 3.85. The minimum absolute atomic E-state index is 0.0293. The van der Waals surface area contributed by atoms with Crippen molar-refractivity contribution in [3.8, 4) is 5.69 Å². The largest absolute Gasteiger partial charge is 0.268 e. The second kappa shape index (κ2) is 4.81. The van der Waals surface area contributed by atoms with E-state index in [2.05, 4.69) is 11.1 Å². The molecule has 0 bridgehead atoms. The highest BCUT2D eigenvalue weighted by Gasteiger charge is 2.09. The highest BCUT2D eigenvalue weighted by atomic mass is 16.1. The van der Waals surface area contributed by atoms with E-state index in [1.165, 1.54) is 0 Å². The Labute approximate surface area is 127 Å². The van der Waals surface area contributed by atoms with Gasteiger partial charge in [0, 0.05) is 0 Å². The van der Waals surface area contributed by atoms with Gasteiger partial charge in [0.15, 0.2) is 0 Å². The molecule has 0 saturated carbocycles. The molecule has 0 aliphatic heterocycles. The second-order valence-electron chi connectivity index (χ2n) is 5.35. The van der Waals surface area contributed by atoms with Crippen molar-refractivity contribution in [2.45, 2.75) is 6.92 Å². The zero-order valence-corrected chi connectivity index (χ0v) is 12.2. The molecule has 4 rings (SSSR count). The van der Waals surface area contributed by atoms with Crippen molar-refractivity contribution >= 4 is 21.7 Å². The summed E-state index contributed by atoms with van der Waals surface area (Å²) in [5.74, 6) is 0.694. The SMILES string of the molecule is Cc1nc2ccccc2c(=O)n1-c1ccc2ccccc2c1. The molecule has 0 saturated heterocycles. The van der Waals surface area contributed by atoms with E-state index in [1.54, 1.807) is 4.57 Å². The van der Waals surface area contributed by atoms with E-state index in [1.807, 2.05) is 67.6 Å². The second-order valence-corrected chi connectivity index (χ2v) is 5.35. The van der Waals surface area contributed by atoms with Gasteiger partial charge < -0.3 is 0 Å². The maximum atomic E-state index is 12.8. The first-order valence-electron chi connectivity index (χ1n) is 7.21. The monoisotopic (exact) mass is 286 g/mol. The molecular formula is C19H14N2O. The Morgan fingerprint density at radius 2 is 1.59 bits per heavy atom. The summed E-state index contributed by atoms with van der Waals surface area (Å²) >= 11 is 0. The third-order valence-corrected chi connectivity index (χ3v) is 3.93. The number of hydrogen-bond donors (Lipinski definition) is 0. The first kappa shape index (κ1) is 12.8. The topological polar surface area (TPSA) is 34.9 Å². The van der Waals surface area contributed by atoms with Gasteiger partial charge in [-0.3, -0.25) is 9.36 Å². The maximum Gasteiger partial charge on any atom is 0.265 e. The Balaban J connectivity index is 2.05. The molecule has 1 heterocycles. The summed E-state index contributed by atoms with van der Waals surface area (Å²) in [6, 6.07) is 21.6. The Morgan fingerprint density at radius 1 is 0.864 bits per heavy atom. The number of para-hydroxylation sites is 1. The molecule has 0 N–H and O–H groups in total. The highest BCUT2D eigenvalue weighted by molar-refractivity contribution is 5.84. The summed E-state index contributed by atoms with van der Waals surface area (Å²) < 4.78 is 1.68. The van der Waals surface area contributed by atoms with Crippen LogP contribution in [0.4, 0.5) is 0 Å². The minimum Gasteiger partial charge on any atom is -0.268 e. The van der Waals surface area contributed by atoms with Crippen LogP contribution in [0.25, 0.3) is 27.4 Å². The molecule has 0 radical (unpaired) electrons. The normalized spacial score (nSPS) is 11.1. The summed E-state index contributed by atoms with van der Waals surface area (Å²) in [5.41, 5.74) is 1.56. The van der Waals surface area contributed by atoms with E-state index < -0.39 is 0 Å². The van der Waals surface area contributed by atoms with Gasteiger partial charge in [0.05, 0.1) is 16.6 Å². The smallest absolute Gasteiger partial charge is 0.265 e. The first-order chi connectivity index (χ1) is 10.7. The van der Waals surface area contributed by atoms with E-state index in [0.717, 1.165) is 22.0 Å². The van der Waals surface area contributed by atoms with Gasteiger partial charge in [0.1, 0.15) is 5.82 Å². The summed E-state index contributed by atoms with van der Waals surface area (Å²) in [6.45, 7) is 1.86. The number of benzene rings is 3. The first-order valence-corrected chi connectivity index (χ1v) is 7.21. The van der Waals surface area contributed by atoms with E-state index in [-0.39, 0.29) is 5.56 Å². The fourth-order valence-corrected chi connectivity index (χ4v) is 2.86. The summed E-state index contributed by atoms with van der Waals surface area (Å²) in [6.07, 6.45) is 0. The lowest BCUT2D eigenvalue weighted by atomic mass is 10.1. The van der Waals surface area contributed by atoms with Crippen LogP contribution >= 0.6 is 0 Å². The quantitative estimate of drug-likeness (QED) is 0.533. The number of hydrogen-bond acceptors (Lipinski definition) is 2. The van der Waals surface area contributed by atoms with Gasteiger partial charge in [0.25, 0.3) is 5.56 Å². The van der Waals surface area contributed by atoms with Crippen LogP contribution in [-0.2, 0) is 0 Å². The zero-order chi connectivity index (χ0) is 15.1. The standard InChI is InChI=1S/C19H14N2O/c1-13-20-18-9-5-4-8-17(18)19(22)21(13)16-11-10-14-6-2-3-7-15(14)12-16/h2-12H,1H3. The van der Waals surface area contributed by atoms with Crippen LogP contribution in [0.15, 0.2) is 71.5 Å². The van der Waals surface area contributed by atoms with Crippen LogP contribution in [0.3, 0.4) is 0 Å². The fraction of sp³-hybridized carbons (Fsp3) is 0.0526. The molecule has 22 heavy (non-hydrogen) atoms. The van der Waals surface area contributed by atoms with Crippen LogP contribution in [0.2, 0.25) is 0 Å². The Bertz CT molecular complexity index is 1060.